The van der Waals surface area contributed by atoms with Gasteiger partial charge in [0, 0.05) is 23.4 Å². The van der Waals surface area contributed by atoms with Crippen LogP contribution in [0.4, 0.5) is 0 Å². The van der Waals surface area contributed by atoms with Crippen molar-refractivity contribution in [2.75, 3.05) is 6.61 Å². The number of aryl methyl sites for hydroxylation is 1. The Bertz CT molecular complexity index is 1010. The van der Waals surface area contributed by atoms with Crippen molar-refractivity contribution < 1.29 is 18.7 Å². The van der Waals surface area contributed by atoms with Crippen LogP contribution in [0.3, 0.4) is 0 Å². The molecule has 0 saturated heterocycles. The van der Waals surface area contributed by atoms with E-state index in [0.717, 1.165) is 17.0 Å². The molecule has 0 unspecified atom stereocenters. The summed E-state index contributed by atoms with van der Waals surface area (Å²) in [7, 11) is 0. The van der Waals surface area contributed by atoms with E-state index >= 15 is 0 Å². The Morgan fingerprint density at radius 1 is 1.14 bits per heavy atom. The van der Waals surface area contributed by atoms with Crippen LogP contribution in [0.2, 0.25) is 0 Å². The quantitative estimate of drug-likeness (QED) is 0.777. The molecule has 2 aliphatic rings. The number of Topliss-reactive ketones (excluding diaryl/α,β-unsaturated/α-hetero) is 1. The van der Waals surface area contributed by atoms with Gasteiger partial charge in [-0.3, -0.25) is 4.79 Å². The lowest BCUT2D eigenvalue weighted by Crippen LogP contribution is -2.36. The number of hydrogen-bond donors (Lipinski definition) is 1. The highest BCUT2D eigenvalue weighted by Crippen LogP contribution is 2.45. The molecule has 5 heteroatoms. The molecule has 0 spiro atoms. The summed E-state index contributed by atoms with van der Waals surface area (Å²) in [6.45, 7) is 5.76. The fourth-order valence-electron chi connectivity index (χ4n) is 4.37. The summed E-state index contributed by atoms with van der Waals surface area (Å²) in [6, 6.07) is 13.8. The molecule has 0 bridgehead atoms. The summed E-state index contributed by atoms with van der Waals surface area (Å²) in [6.07, 6.45) is 1.13. The molecule has 2 atom stereocenters. The van der Waals surface area contributed by atoms with Gasteiger partial charge in [-0.15, -0.1) is 0 Å². The van der Waals surface area contributed by atoms with Crippen LogP contribution in [-0.4, -0.2) is 18.4 Å². The lowest BCUT2D eigenvalue weighted by atomic mass is 9.73. The summed E-state index contributed by atoms with van der Waals surface area (Å²) in [4.78, 5) is 26.1. The van der Waals surface area contributed by atoms with E-state index in [4.69, 9.17) is 9.15 Å². The van der Waals surface area contributed by atoms with Gasteiger partial charge in [0.15, 0.2) is 5.78 Å². The standard InChI is InChI=1S/C24H25NO4/c1-4-28-24(27)21-15(3)25-18-12-17(16-8-6-5-7-9-16)13-19(26)22(18)23(21)20-11-10-14(2)29-20/h5-11,17,23,25H,4,12-13H2,1-3H3/t17-,23-/m1/s1. The third-order valence-corrected chi connectivity index (χ3v) is 5.64. The Hall–Kier alpha value is -3.08. The van der Waals surface area contributed by atoms with Crippen LogP contribution in [0.25, 0.3) is 0 Å². The lowest BCUT2D eigenvalue weighted by Gasteiger charge is -2.35. The van der Waals surface area contributed by atoms with Gasteiger partial charge in [-0.2, -0.15) is 0 Å². The molecule has 5 nitrogen and oxygen atoms in total. The summed E-state index contributed by atoms with van der Waals surface area (Å²) in [5, 5.41) is 3.34. The van der Waals surface area contributed by atoms with E-state index in [1.54, 1.807) is 6.92 Å². The molecular formula is C24H25NO4. The molecule has 1 aromatic heterocycles. The predicted molar refractivity (Wildman–Crippen MR) is 109 cm³/mol. The van der Waals surface area contributed by atoms with E-state index in [0.29, 0.717) is 35.4 Å². The first kappa shape index (κ1) is 19.2. The number of dihydropyridines is 1. The summed E-state index contributed by atoms with van der Waals surface area (Å²) >= 11 is 0. The largest absolute Gasteiger partial charge is 0.465 e. The molecule has 2 aromatic rings. The Morgan fingerprint density at radius 3 is 2.55 bits per heavy atom. The Balaban J connectivity index is 1.79. The third kappa shape index (κ3) is 3.53. The van der Waals surface area contributed by atoms with Crippen molar-refractivity contribution in [3.8, 4) is 0 Å². The number of ether oxygens (including phenoxy) is 1. The molecule has 4 rings (SSSR count). The van der Waals surface area contributed by atoms with Crippen molar-refractivity contribution >= 4 is 11.8 Å². The topological polar surface area (TPSA) is 68.5 Å². The zero-order valence-electron chi connectivity index (χ0n) is 17.0. The monoisotopic (exact) mass is 391 g/mol. The Labute approximate surface area is 170 Å². The number of rotatable bonds is 4. The predicted octanol–water partition coefficient (Wildman–Crippen LogP) is 4.51. The molecule has 0 radical (unpaired) electrons. The highest BCUT2D eigenvalue weighted by atomic mass is 16.5. The third-order valence-electron chi connectivity index (χ3n) is 5.64. The second kappa shape index (κ2) is 7.74. The highest BCUT2D eigenvalue weighted by Gasteiger charge is 2.42. The number of allylic oxidation sites excluding steroid dienone is 3. The second-order valence-electron chi connectivity index (χ2n) is 7.60. The summed E-state index contributed by atoms with van der Waals surface area (Å²) in [5.41, 5.74) is 3.81. The van der Waals surface area contributed by atoms with Gasteiger partial charge in [0.2, 0.25) is 0 Å². The fraction of sp³-hybridized carbons (Fsp3) is 0.333. The minimum absolute atomic E-state index is 0.0426. The van der Waals surface area contributed by atoms with Crippen molar-refractivity contribution in [1.82, 2.24) is 5.32 Å². The van der Waals surface area contributed by atoms with Gasteiger partial charge in [-0.25, -0.2) is 4.79 Å². The normalized spacial score (nSPS) is 21.7. The zero-order chi connectivity index (χ0) is 20.5. The first-order valence-electron chi connectivity index (χ1n) is 10.0. The Morgan fingerprint density at radius 2 is 1.90 bits per heavy atom. The first-order valence-corrected chi connectivity index (χ1v) is 10.0. The molecular weight excluding hydrogens is 366 g/mol. The maximum absolute atomic E-state index is 13.3. The van der Waals surface area contributed by atoms with Gasteiger partial charge >= 0.3 is 5.97 Å². The average molecular weight is 391 g/mol. The SMILES string of the molecule is CCOC(=O)C1=C(C)NC2=C(C(=O)C[C@H](c3ccccc3)C2)[C@@H]1c1ccc(C)o1. The molecule has 1 aliphatic heterocycles. The molecule has 150 valence electrons. The van der Waals surface area contributed by atoms with E-state index in [2.05, 4.69) is 17.4 Å². The van der Waals surface area contributed by atoms with Crippen molar-refractivity contribution in [1.29, 1.82) is 0 Å². The number of carbonyl (C=O) groups excluding carboxylic acids is 2. The van der Waals surface area contributed by atoms with Gasteiger partial charge in [0.1, 0.15) is 11.5 Å². The lowest BCUT2D eigenvalue weighted by molar-refractivity contribution is -0.138. The molecule has 1 aromatic carbocycles. The van der Waals surface area contributed by atoms with E-state index in [-0.39, 0.29) is 18.3 Å². The van der Waals surface area contributed by atoms with Crippen molar-refractivity contribution in [2.24, 2.45) is 0 Å². The molecule has 0 saturated carbocycles. The van der Waals surface area contributed by atoms with Crippen LogP contribution >= 0.6 is 0 Å². The van der Waals surface area contributed by atoms with Gasteiger partial charge in [0.25, 0.3) is 0 Å². The van der Waals surface area contributed by atoms with Crippen LogP contribution in [-0.2, 0) is 14.3 Å². The molecule has 29 heavy (non-hydrogen) atoms. The van der Waals surface area contributed by atoms with Crippen LogP contribution in [0.5, 0.6) is 0 Å². The van der Waals surface area contributed by atoms with Crippen LogP contribution < -0.4 is 5.32 Å². The number of esters is 1. The van der Waals surface area contributed by atoms with Crippen molar-refractivity contribution in [2.45, 2.75) is 45.4 Å². The van der Waals surface area contributed by atoms with Crippen LogP contribution in [0.15, 0.2) is 69.4 Å². The molecule has 0 amide bonds. The minimum Gasteiger partial charge on any atom is -0.465 e. The summed E-state index contributed by atoms with van der Waals surface area (Å²) in [5.74, 6) is 0.550. The van der Waals surface area contributed by atoms with E-state index in [9.17, 15) is 9.59 Å². The van der Waals surface area contributed by atoms with E-state index < -0.39 is 11.9 Å². The zero-order valence-corrected chi connectivity index (χ0v) is 17.0. The van der Waals surface area contributed by atoms with Crippen LogP contribution in [0, 0.1) is 6.92 Å². The minimum atomic E-state index is -0.539. The number of carbonyl (C=O) groups is 2. The van der Waals surface area contributed by atoms with Gasteiger partial charge in [-0.1, -0.05) is 30.3 Å². The molecule has 1 aliphatic carbocycles. The number of hydrogen-bond acceptors (Lipinski definition) is 5. The number of furan rings is 1. The van der Waals surface area contributed by atoms with E-state index in [1.807, 2.05) is 44.2 Å². The van der Waals surface area contributed by atoms with Gasteiger partial charge in [-0.05, 0) is 50.8 Å². The average Bonchev–Trinajstić information content (AvgIpc) is 3.13. The highest BCUT2D eigenvalue weighted by molar-refractivity contribution is 6.04. The molecule has 0 fully saturated rings. The van der Waals surface area contributed by atoms with Gasteiger partial charge < -0.3 is 14.5 Å². The number of ketones is 1. The second-order valence-corrected chi connectivity index (χ2v) is 7.60. The van der Waals surface area contributed by atoms with Crippen molar-refractivity contribution in [3.63, 3.8) is 0 Å². The number of nitrogens with one attached hydrogen (secondary N) is 1. The van der Waals surface area contributed by atoms with E-state index in [1.165, 1.54) is 0 Å². The van der Waals surface area contributed by atoms with Gasteiger partial charge in [0.05, 0.1) is 18.1 Å². The maximum Gasteiger partial charge on any atom is 0.336 e. The smallest absolute Gasteiger partial charge is 0.336 e. The van der Waals surface area contributed by atoms with Crippen molar-refractivity contribution in [3.05, 3.63) is 82.1 Å². The molecule has 2 heterocycles. The maximum atomic E-state index is 13.3. The molecule has 1 N–H and O–H groups in total. The first-order chi connectivity index (χ1) is 14.0. The Kier molecular flexibility index (Phi) is 5.14. The summed E-state index contributed by atoms with van der Waals surface area (Å²) < 4.78 is 11.2. The number of benzene rings is 1. The fourth-order valence-corrected chi connectivity index (χ4v) is 4.37. The van der Waals surface area contributed by atoms with Crippen LogP contribution in [0.1, 0.15) is 55.6 Å².